The van der Waals surface area contributed by atoms with Gasteiger partial charge < -0.3 is 39.6 Å². The maximum absolute atomic E-state index is 14.1. The zero-order chi connectivity index (χ0) is 47.8. The van der Waals surface area contributed by atoms with Crippen LogP contribution in [0, 0.1) is 25.2 Å². The summed E-state index contributed by atoms with van der Waals surface area (Å²) in [7, 11) is 0. The van der Waals surface area contributed by atoms with E-state index in [0.717, 1.165) is 44.1 Å². The highest BCUT2D eigenvalue weighted by Gasteiger charge is 2.44. The van der Waals surface area contributed by atoms with E-state index in [4.69, 9.17) is 19.2 Å². The summed E-state index contributed by atoms with van der Waals surface area (Å²) in [6, 6.07) is 17.9. The first-order valence-electron chi connectivity index (χ1n) is 22.8. The lowest BCUT2D eigenvalue weighted by atomic mass is 9.85. The summed E-state index contributed by atoms with van der Waals surface area (Å²) >= 11 is 1.60. The number of carbonyl (C=O) groups excluding carboxylic acids is 3. The maximum Gasteiger partial charge on any atom is 0.246 e. The minimum atomic E-state index is -0.864. The van der Waals surface area contributed by atoms with Gasteiger partial charge in [-0.05, 0) is 93.8 Å². The van der Waals surface area contributed by atoms with Crippen LogP contribution in [0.3, 0.4) is 0 Å². The Bertz CT molecular complexity index is 2640. The van der Waals surface area contributed by atoms with E-state index in [1.165, 1.54) is 0 Å². The van der Waals surface area contributed by atoms with Crippen molar-refractivity contribution in [2.75, 3.05) is 44.9 Å². The van der Waals surface area contributed by atoms with Crippen molar-refractivity contribution in [3.63, 3.8) is 0 Å². The molecular formula is C50H62N10O6S. The van der Waals surface area contributed by atoms with Gasteiger partial charge in [0.15, 0.2) is 5.82 Å². The fourth-order valence-corrected chi connectivity index (χ4v) is 9.10. The molecule has 1 fully saturated rings. The molecule has 6 aromatic rings. The van der Waals surface area contributed by atoms with Crippen LogP contribution in [-0.2, 0) is 23.9 Å². The Kier molecular flexibility index (Phi) is 15.6. The van der Waals surface area contributed by atoms with Gasteiger partial charge in [0.25, 0.3) is 0 Å². The maximum atomic E-state index is 14.1. The minimum Gasteiger partial charge on any atom is -0.491 e. The summed E-state index contributed by atoms with van der Waals surface area (Å²) in [5.41, 5.74) is 6.92. The summed E-state index contributed by atoms with van der Waals surface area (Å²) in [5, 5.41) is 9.32. The normalized spacial score (nSPS) is 16.0. The number of nitrogens with zero attached hydrogens (tertiary/aromatic N) is 7. The number of imidazole rings is 1. The molecule has 67 heavy (non-hydrogen) atoms. The Morgan fingerprint density at radius 3 is 2.27 bits per heavy atom. The number of hydrogen-bond acceptors (Lipinski definition) is 13. The second-order valence-electron chi connectivity index (χ2n) is 18.4. The number of aryl methyl sites for hydroxylation is 2. The topological polar surface area (TPSA) is 188 Å². The Labute approximate surface area is 396 Å². The van der Waals surface area contributed by atoms with Gasteiger partial charge in [0.1, 0.15) is 54.0 Å². The number of anilines is 2. The Hall–Kier alpha value is -6.30. The molecule has 4 aromatic heterocycles. The highest BCUT2D eigenvalue weighted by Crippen LogP contribution is 2.31. The molecule has 17 heteroatoms. The van der Waals surface area contributed by atoms with Crippen LogP contribution in [0.4, 0.5) is 11.6 Å². The van der Waals surface area contributed by atoms with Crippen molar-refractivity contribution < 1.29 is 28.6 Å². The molecule has 4 atom stereocenters. The molecule has 354 valence electrons. The van der Waals surface area contributed by atoms with Gasteiger partial charge in [-0.3, -0.25) is 14.4 Å². The number of ether oxygens (including phenoxy) is 3. The molecule has 3 N–H and O–H groups in total. The Balaban J connectivity index is 0.816. The summed E-state index contributed by atoms with van der Waals surface area (Å²) in [6.07, 6.45) is 4.01. The van der Waals surface area contributed by atoms with Crippen molar-refractivity contribution in [1.29, 1.82) is 0 Å². The van der Waals surface area contributed by atoms with Crippen LogP contribution in [0.2, 0.25) is 0 Å². The third-order valence-corrected chi connectivity index (χ3v) is 12.7. The lowest BCUT2D eigenvalue weighted by Gasteiger charge is -2.35. The number of hydrogen-bond donors (Lipinski definition) is 3. The van der Waals surface area contributed by atoms with E-state index in [0.29, 0.717) is 49.4 Å². The van der Waals surface area contributed by atoms with Gasteiger partial charge in [-0.1, -0.05) is 52.0 Å². The van der Waals surface area contributed by atoms with Gasteiger partial charge in [-0.15, -0.1) is 11.3 Å². The molecule has 0 bridgehead atoms. The molecule has 16 nitrogen and oxygen atoms in total. The standard InChI is InChI=1S/C50H62N10O6S/c1-30(2)60-34(6)55-39-26-52-43(25-40(39)60)56-42-18-19-51-47(57-42)37-14-16-38(17-15-37)66-23-22-64-20-21-65-28-44(61)58-46(50(7,8)9)49(63)59-27-31(3)24-41(59)48(62)54-32(4)35-10-12-36(13-11-35)45-33(5)53-29-67-45/h10-19,25-26,29-32,41,46H,20-24,27-28H2,1-9H3,(H,54,62)(H,58,61)(H,51,52,56,57)/t31-,32-,41+,46+/m0/s1. The van der Waals surface area contributed by atoms with Crippen LogP contribution in [0.1, 0.15) is 84.1 Å². The van der Waals surface area contributed by atoms with E-state index in [1.807, 2.05) is 109 Å². The van der Waals surface area contributed by atoms with Crippen molar-refractivity contribution in [2.24, 2.45) is 11.3 Å². The van der Waals surface area contributed by atoms with Crippen LogP contribution in [0.5, 0.6) is 5.75 Å². The van der Waals surface area contributed by atoms with Gasteiger partial charge in [-0.25, -0.2) is 24.9 Å². The van der Waals surface area contributed by atoms with Crippen LogP contribution in [0.25, 0.3) is 32.9 Å². The molecule has 0 aliphatic carbocycles. The molecule has 1 aliphatic rings. The molecular weight excluding hydrogens is 869 g/mol. The zero-order valence-corrected chi connectivity index (χ0v) is 40.6. The van der Waals surface area contributed by atoms with E-state index >= 15 is 0 Å². The van der Waals surface area contributed by atoms with Crippen LogP contribution < -0.4 is 20.7 Å². The van der Waals surface area contributed by atoms with Crippen molar-refractivity contribution in [1.82, 2.24) is 45.0 Å². The Morgan fingerprint density at radius 2 is 1.57 bits per heavy atom. The number of likely N-dealkylation sites (tertiary alicyclic amines) is 1. The second-order valence-corrected chi connectivity index (χ2v) is 19.3. The number of benzene rings is 2. The number of nitrogens with one attached hydrogen (secondary N) is 3. The number of thiazole rings is 1. The van der Waals surface area contributed by atoms with Gasteiger partial charge in [0.2, 0.25) is 17.7 Å². The molecule has 5 heterocycles. The van der Waals surface area contributed by atoms with Crippen molar-refractivity contribution in [2.45, 2.75) is 92.9 Å². The highest BCUT2D eigenvalue weighted by atomic mass is 32.1. The van der Waals surface area contributed by atoms with Gasteiger partial charge in [0.05, 0.1) is 53.7 Å². The summed E-state index contributed by atoms with van der Waals surface area (Å²) in [4.78, 5) is 66.4. The number of amides is 3. The predicted molar refractivity (Wildman–Crippen MR) is 260 cm³/mol. The average molecular weight is 931 g/mol. The molecule has 2 aromatic carbocycles. The lowest BCUT2D eigenvalue weighted by Crippen LogP contribution is -2.58. The highest BCUT2D eigenvalue weighted by molar-refractivity contribution is 7.13. The lowest BCUT2D eigenvalue weighted by molar-refractivity contribution is -0.144. The predicted octanol–water partition coefficient (Wildman–Crippen LogP) is 8.01. The first-order chi connectivity index (χ1) is 32.0. The molecule has 1 saturated heterocycles. The largest absolute Gasteiger partial charge is 0.491 e. The molecule has 3 amide bonds. The van der Waals surface area contributed by atoms with Gasteiger partial charge >= 0.3 is 0 Å². The summed E-state index contributed by atoms with van der Waals surface area (Å²) in [5.74, 6) is 2.64. The van der Waals surface area contributed by atoms with Crippen LogP contribution in [0.15, 0.2) is 78.6 Å². The first-order valence-corrected chi connectivity index (χ1v) is 23.7. The molecule has 0 unspecified atom stereocenters. The molecule has 0 saturated carbocycles. The van der Waals surface area contributed by atoms with E-state index in [1.54, 1.807) is 34.7 Å². The molecule has 1 aliphatic heterocycles. The fourth-order valence-electron chi connectivity index (χ4n) is 8.29. The smallest absolute Gasteiger partial charge is 0.246 e. The zero-order valence-electron chi connectivity index (χ0n) is 39.8. The fraction of sp³-hybridized carbons (Fsp3) is 0.440. The third kappa shape index (κ3) is 12.2. The SMILES string of the molecule is Cc1ncsc1-c1ccc([C@H](C)NC(=O)[C@H]2C[C@H](C)CN2C(=O)[C@@H](NC(=O)COCCOCCOc2ccc(-c3nccc(Nc4cc5c(cn4)nc(C)n5C(C)C)n3)cc2)C(C)(C)C)cc1. The van der Waals surface area contributed by atoms with Crippen LogP contribution in [-0.4, -0.2) is 104 Å². The van der Waals surface area contributed by atoms with Crippen LogP contribution >= 0.6 is 11.3 Å². The minimum absolute atomic E-state index is 0.118. The van der Waals surface area contributed by atoms with Crippen molar-refractivity contribution in [3.05, 3.63) is 95.6 Å². The van der Waals surface area contributed by atoms with Gasteiger partial charge in [-0.2, -0.15) is 0 Å². The monoisotopic (exact) mass is 930 g/mol. The molecule has 7 rings (SSSR count). The number of carbonyl (C=O) groups is 3. The second kappa shape index (κ2) is 21.6. The van der Waals surface area contributed by atoms with E-state index < -0.39 is 23.4 Å². The van der Waals surface area contributed by atoms with E-state index in [2.05, 4.69) is 54.3 Å². The first kappa shape index (κ1) is 48.6. The quantitative estimate of drug-likeness (QED) is 0.0666. The van der Waals surface area contributed by atoms with Gasteiger partial charge in [0, 0.05) is 30.4 Å². The van der Waals surface area contributed by atoms with E-state index in [-0.39, 0.29) is 49.6 Å². The van der Waals surface area contributed by atoms with E-state index in [9.17, 15) is 14.4 Å². The number of rotatable bonds is 19. The molecule has 0 radical (unpaired) electrons. The van der Waals surface area contributed by atoms with Crippen molar-refractivity contribution in [3.8, 4) is 27.6 Å². The summed E-state index contributed by atoms with van der Waals surface area (Å²) in [6.45, 7) is 19.1. The molecule has 0 spiro atoms. The summed E-state index contributed by atoms with van der Waals surface area (Å²) < 4.78 is 19.3. The number of pyridine rings is 1. The third-order valence-electron chi connectivity index (χ3n) is 11.7. The Morgan fingerprint density at radius 1 is 0.851 bits per heavy atom. The number of aromatic nitrogens is 6. The number of fused-ring (bicyclic) bond motifs is 1. The average Bonchev–Trinajstić information content (AvgIpc) is 4.01. The van der Waals surface area contributed by atoms with Crippen molar-refractivity contribution >= 4 is 51.7 Å².